The van der Waals surface area contributed by atoms with Crippen molar-refractivity contribution < 1.29 is 4.79 Å². The second-order valence-electron chi connectivity index (χ2n) is 8.96. The fourth-order valence-electron chi connectivity index (χ4n) is 4.27. The normalized spacial score (nSPS) is 13.7. The van der Waals surface area contributed by atoms with Crippen LogP contribution in [0.15, 0.2) is 67.4 Å². The van der Waals surface area contributed by atoms with Crippen LogP contribution in [0.4, 0.5) is 17.3 Å². The predicted octanol–water partition coefficient (Wildman–Crippen LogP) is 4.87. The van der Waals surface area contributed by atoms with Crippen LogP contribution in [0.3, 0.4) is 0 Å². The monoisotopic (exact) mass is 467 g/mol. The molecule has 1 fully saturated rings. The lowest BCUT2D eigenvalue weighted by Crippen LogP contribution is -2.19. The molecule has 5 rings (SSSR count). The molecule has 8 heteroatoms. The Kier molecular flexibility index (Phi) is 6.54. The number of carbonyl (C=O) groups excluding carboxylic acids is 1. The van der Waals surface area contributed by atoms with Gasteiger partial charge in [-0.3, -0.25) is 14.3 Å². The Hall–Kier alpha value is -4.04. The topological polar surface area (TPSA) is 88.0 Å². The Morgan fingerprint density at radius 1 is 1.03 bits per heavy atom. The fourth-order valence-corrected chi connectivity index (χ4v) is 4.27. The molecule has 2 aromatic carbocycles. The summed E-state index contributed by atoms with van der Waals surface area (Å²) in [5.41, 5.74) is 5.46. The number of amides is 1. The van der Waals surface area contributed by atoms with Crippen molar-refractivity contribution in [2.75, 3.05) is 23.7 Å². The molecule has 0 atom stereocenters. The van der Waals surface area contributed by atoms with Crippen LogP contribution >= 0.6 is 0 Å². The molecule has 1 amide bonds. The molecule has 0 unspecified atom stereocenters. The van der Waals surface area contributed by atoms with E-state index in [2.05, 4.69) is 48.7 Å². The van der Waals surface area contributed by atoms with E-state index in [9.17, 15) is 4.79 Å². The Balaban J connectivity index is 1.25. The van der Waals surface area contributed by atoms with Crippen molar-refractivity contribution in [2.45, 2.75) is 33.2 Å². The van der Waals surface area contributed by atoms with Gasteiger partial charge >= 0.3 is 0 Å². The van der Waals surface area contributed by atoms with E-state index in [4.69, 9.17) is 0 Å². The van der Waals surface area contributed by atoms with Gasteiger partial charge in [0.1, 0.15) is 12.1 Å². The summed E-state index contributed by atoms with van der Waals surface area (Å²) in [5.74, 6) is 1.10. The number of aromatic nitrogens is 4. The summed E-state index contributed by atoms with van der Waals surface area (Å²) >= 11 is 0. The first-order valence-corrected chi connectivity index (χ1v) is 11.9. The number of imidazole rings is 1. The van der Waals surface area contributed by atoms with E-state index in [1.807, 2.05) is 36.7 Å². The molecular formula is C27H29N7O. The van der Waals surface area contributed by atoms with Crippen LogP contribution in [0.2, 0.25) is 0 Å². The number of likely N-dealkylation sites (tertiary alicyclic amines) is 1. The molecule has 2 N–H and O–H groups in total. The molecule has 0 radical (unpaired) electrons. The number of anilines is 3. The summed E-state index contributed by atoms with van der Waals surface area (Å²) in [6.45, 7) is 7.19. The molecule has 1 aliphatic heterocycles. The van der Waals surface area contributed by atoms with Crippen LogP contribution in [0.5, 0.6) is 0 Å². The van der Waals surface area contributed by atoms with Crippen molar-refractivity contribution in [3.05, 3.63) is 89.6 Å². The minimum Gasteiger partial charge on any atom is -0.324 e. The van der Waals surface area contributed by atoms with E-state index >= 15 is 0 Å². The van der Waals surface area contributed by atoms with Gasteiger partial charge in [0.25, 0.3) is 5.91 Å². The number of aryl methyl sites for hydroxylation is 2. The zero-order valence-electron chi connectivity index (χ0n) is 20.0. The number of rotatable bonds is 7. The fraction of sp³-hybridized carbons (Fsp3) is 0.259. The predicted molar refractivity (Wildman–Crippen MR) is 137 cm³/mol. The van der Waals surface area contributed by atoms with Crippen molar-refractivity contribution in [1.29, 1.82) is 0 Å². The minimum atomic E-state index is -0.132. The highest BCUT2D eigenvalue weighted by Crippen LogP contribution is 2.22. The number of nitrogens with zero attached hydrogens (tertiary/aromatic N) is 5. The third kappa shape index (κ3) is 5.38. The van der Waals surface area contributed by atoms with Crippen LogP contribution < -0.4 is 10.6 Å². The second kappa shape index (κ2) is 10.1. The maximum Gasteiger partial charge on any atom is 0.255 e. The standard InChI is InChI=1S/C27H29N7O/c1-19-5-6-21(17-33-12-3-4-13-33)15-24(19)31-26(35)22-7-9-23(10-8-22)30-27-29-16-20(2)25(32-27)34-14-11-28-18-34/h5-11,14-16,18H,3-4,12-13,17H2,1-2H3,(H,31,35)(H,29,30,32). The number of benzene rings is 2. The maximum absolute atomic E-state index is 12.9. The van der Waals surface area contributed by atoms with Gasteiger partial charge in [-0.05, 0) is 81.2 Å². The molecule has 2 aromatic heterocycles. The molecule has 8 nitrogen and oxygen atoms in total. The van der Waals surface area contributed by atoms with Gasteiger partial charge < -0.3 is 10.6 Å². The zero-order valence-corrected chi connectivity index (χ0v) is 20.0. The second-order valence-corrected chi connectivity index (χ2v) is 8.96. The molecule has 1 saturated heterocycles. The van der Waals surface area contributed by atoms with Crippen molar-refractivity contribution in [1.82, 2.24) is 24.4 Å². The number of carbonyl (C=O) groups is 1. The first kappa shape index (κ1) is 22.7. The molecule has 0 bridgehead atoms. The van der Waals surface area contributed by atoms with Crippen molar-refractivity contribution in [2.24, 2.45) is 0 Å². The first-order valence-electron chi connectivity index (χ1n) is 11.9. The lowest BCUT2D eigenvalue weighted by Gasteiger charge is -2.16. The molecule has 3 heterocycles. The Bertz CT molecular complexity index is 1310. The van der Waals surface area contributed by atoms with E-state index < -0.39 is 0 Å². The first-order chi connectivity index (χ1) is 17.0. The SMILES string of the molecule is Cc1ccc(CN2CCCC2)cc1NC(=O)c1ccc(Nc2ncc(C)c(-n3ccnc3)n2)cc1. The van der Waals surface area contributed by atoms with E-state index in [1.165, 1.54) is 18.4 Å². The maximum atomic E-state index is 12.9. The molecule has 35 heavy (non-hydrogen) atoms. The Morgan fingerprint density at radius 3 is 2.57 bits per heavy atom. The highest BCUT2D eigenvalue weighted by molar-refractivity contribution is 6.04. The quantitative estimate of drug-likeness (QED) is 0.403. The van der Waals surface area contributed by atoms with E-state index in [1.54, 1.807) is 30.9 Å². The van der Waals surface area contributed by atoms with Crippen LogP contribution in [0.25, 0.3) is 5.82 Å². The molecule has 4 aromatic rings. The lowest BCUT2D eigenvalue weighted by molar-refractivity contribution is 0.102. The Labute approximate surface area is 205 Å². The van der Waals surface area contributed by atoms with Gasteiger partial charge in [-0.1, -0.05) is 12.1 Å². The van der Waals surface area contributed by atoms with Gasteiger partial charge in [0, 0.05) is 47.6 Å². The van der Waals surface area contributed by atoms with Gasteiger partial charge in [0.05, 0.1) is 0 Å². The van der Waals surface area contributed by atoms with Gasteiger partial charge in [-0.2, -0.15) is 4.98 Å². The van der Waals surface area contributed by atoms with Gasteiger partial charge in [-0.25, -0.2) is 9.97 Å². The summed E-state index contributed by atoms with van der Waals surface area (Å²) < 4.78 is 1.84. The van der Waals surface area contributed by atoms with E-state index in [0.29, 0.717) is 11.5 Å². The van der Waals surface area contributed by atoms with Crippen molar-refractivity contribution in [3.8, 4) is 5.82 Å². The van der Waals surface area contributed by atoms with Crippen molar-refractivity contribution >= 4 is 23.2 Å². The van der Waals surface area contributed by atoms with Crippen molar-refractivity contribution in [3.63, 3.8) is 0 Å². The average Bonchev–Trinajstić information content (AvgIpc) is 3.58. The largest absolute Gasteiger partial charge is 0.324 e. The van der Waals surface area contributed by atoms with Gasteiger partial charge in [0.15, 0.2) is 0 Å². The molecule has 0 aliphatic carbocycles. The molecule has 0 spiro atoms. The summed E-state index contributed by atoms with van der Waals surface area (Å²) in [6, 6.07) is 13.6. The highest BCUT2D eigenvalue weighted by Gasteiger charge is 2.14. The summed E-state index contributed by atoms with van der Waals surface area (Å²) in [4.78, 5) is 28.4. The molecule has 178 valence electrons. The summed E-state index contributed by atoms with van der Waals surface area (Å²) in [6.07, 6.45) is 9.56. The number of nitrogens with one attached hydrogen (secondary N) is 2. The average molecular weight is 468 g/mol. The van der Waals surface area contributed by atoms with Crippen LogP contribution in [0, 0.1) is 13.8 Å². The smallest absolute Gasteiger partial charge is 0.255 e. The van der Waals surface area contributed by atoms with Crippen LogP contribution in [0.1, 0.15) is 39.9 Å². The zero-order chi connectivity index (χ0) is 24.2. The highest BCUT2D eigenvalue weighted by atomic mass is 16.1. The van der Waals surface area contributed by atoms with Crippen LogP contribution in [-0.2, 0) is 6.54 Å². The molecule has 1 aliphatic rings. The number of hydrogen-bond acceptors (Lipinski definition) is 6. The molecule has 0 saturated carbocycles. The minimum absolute atomic E-state index is 0.132. The van der Waals surface area contributed by atoms with E-state index in [-0.39, 0.29) is 5.91 Å². The molecular weight excluding hydrogens is 438 g/mol. The summed E-state index contributed by atoms with van der Waals surface area (Å²) in [7, 11) is 0. The lowest BCUT2D eigenvalue weighted by atomic mass is 10.1. The van der Waals surface area contributed by atoms with Gasteiger partial charge in [-0.15, -0.1) is 0 Å². The van der Waals surface area contributed by atoms with E-state index in [0.717, 1.165) is 48.0 Å². The third-order valence-electron chi connectivity index (χ3n) is 6.25. The summed E-state index contributed by atoms with van der Waals surface area (Å²) in [5, 5.41) is 6.29. The van der Waals surface area contributed by atoms with Gasteiger partial charge in [0.2, 0.25) is 5.95 Å². The number of hydrogen-bond donors (Lipinski definition) is 2. The third-order valence-corrected chi connectivity index (χ3v) is 6.25. The Morgan fingerprint density at radius 2 is 1.83 bits per heavy atom. The van der Waals surface area contributed by atoms with Crippen LogP contribution in [-0.4, -0.2) is 43.4 Å².